The van der Waals surface area contributed by atoms with Crippen LogP contribution in [0.15, 0.2) is 47.8 Å². The number of carbonyl (C=O) groups excluding carboxylic acids is 2. The Kier molecular flexibility index (Phi) is 6.40. The van der Waals surface area contributed by atoms with E-state index < -0.39 is 5.91 Å². The van der Waals surface area contributed by atoms with Gasteiger partial charge < -0.3 is 20.5 Å². The smallest absolute Gasteiger partial charge is 0.271 e. The van der Waals surface area contributed by atoms with Crippen LogP contribution < -0.4 is 20.5 Å². The van der Waals surface area contributed by atoms with E-state index in [2.05, 4.69) is 10.3 Å². The standard InChI is InChI=1S/C20H18FN3O4S/c1-27-17-8-12(6-7-16(17)28-10-18(22)25)9-23-19(26)15-11-29-20(24-15)13-4-2-3-5-14(13)21/h2-8,11H,9-10H2,1H3,(H2,22,25)(H,23,26). The number of nitrogens with one attached hydrogen (secondary N) is 1. The fourth-order valence-electron chi connectivity index (χ4n) is 2.50. The van der Waals surface area contributed by atoms with Crippen molar-refractivity contribution >= 4 is 23.2 Å². The number of primary amides is 1. The lowest BCUT2D eigenvalue weighted by atomic mass is 10.2. The average Bonchev–Trinajstić information content (AvgIpc) is 3.21. The molecule has 0 bridgehead atoms. The quantitative estimate of drug-likeness (QED) is 0.589. The molecule has 1 heterocycles. The van der Waals surface area contributed by atoms with Gasteiger partial charge in [0.05, 0.1) is 7.11 Å². The van der Waals surface area contributed by atoms with Crippen LogP contribution in [0.5, 0.6) is 11.5 Å². The molecule has 0 spiro atoms. The van der Waals surface area contributed by atoms with Crippen LogP contribution >= 0.6 is 11.3 Å². The zero-order chi connectivity index (χ0) is 20.8. The van der Waals surface area contributed by atoms with Crippen molar-refractivity contribution in [1.29, 1.82) is 0 Å². The van der Waals surface area contributed by atoms with E-state index in [1.807, 2.05) is 0 Å². The van der Waals surface area contributed by atoms with E-state index in [9.17, 15) is 14.0 Å². The summed E-state index contributed by atoms with van der Waals surface area (Å²) in [4.78, 5) is 27.4. The van der Waals surface area contributed by atoms with Gasteiger partial charge in [-0.3, -0.25) is 9.59 Å². The molecular weight excluding hydrogens is 397 g/mol. The molecule has 2 amide bonds. The van der Waals surface area contributed by atoms with Crippen LogP contribution in [0, 0.1) is 5.82 Å². The summed E-state index contributed by atoms with van der Waals surface area (Å²) in [5.41, 5.74) is 6.39. The normalized spacial score (nSPS) is 10.4. The van der Waals surface area contributed by atoms with E-state index in [1.165, 1.54) is 24.5 Å². The van der Waals surface area contributed by atoms with Gasteiger partial charge in [0, 0.05) is 17.5 Å². The summed E-state index contributed by atoms with van der Waals surface area (Å²) in [6, 6.07) is 11.3. The molecule has 0 aliphatic rings. The number of aromatic nitrogens is 1. The third-order valence-corrected chi connectivity index (χ3v) is 4.77. The second-order valence-corrected chi connectivity index (χ2v) is 6.80. The topological polar surface area (TPSA) is 104 Å². The highest BCUT2D eigenvalue weighted by molar-refractivity contribution is 7.13. The summed E-state index contributed by atoms with van der Waals surface area (Å²) in [6.45, 7) is -0.0432. The summed E-state index contributed by atoms with van der Waals surface area (Å²) in [5.74, 6) is -0.582. The molecule has 0 aliphatic heterocycles. The molecule has 3 aromatic rings. The Bertz CT molecular complexity index is 1040. The number of amides is 2. The number of ether oxygens (including phenoxy) is 2. The summed E-state index contributed by atoms with van der Waals surface area (Å²) in [7, 11) is 1.47. The Hall–Kier alpha value is -3.46. The van der Waals surface area contributed by atoms with Gasteiger partial charge in [-0.05, 0) is 29.8 Å². The first-order valence-corrected chi connectivity index (χ1v) is 9.42. The highest BCUT2D eigenvalue weighted by Gasteiger charge is 2.14. The molecule has 0 atom stereocenters. The van der Waals surface area contributed by atoms with Crippen molar-refractivity contribution in [3.8, 4) is 22.1 Å². The number of methoxy groups -OCH3 is 1. The van der Waals surface area contributed by atoms with Crippen molar-refractivity contribution in [2.45, 2.75) is 6.54 Å². The molecule has 3 rings (SSSR count). The second kappa shape index (κ2) is 9.16. The van der Waals surface area contributed by atoms with E-state index >= 15 is 0 Å². The number of rotatable bonds is 8. The molecule has 2 aromatic carbocycles. The second-order valence-electron chi connectivity index (χ2n) is 5.94. The number of halogens is 1. The Morgan fingerprint density at radius 1 is 1.21 bits per heavy atom. The van der Waals surface area contributed by atoms with Crippen LogP contribution in [-0.2, 0) is 11.3 Å². The van der Waals surface area contributed by atoms with Crippen LogP contribution in [0.1, 0.15) is 16.1 Å². The van der Waals surface area contributed by atoms with Crippen molar-refractivity contribution in [2.75, 3.05) is 13.7 Å². The van der Waals surface area contributed by atoms with Crippen LogP contribution in [-0.4, -0.2) is 30.5 Å². The predicted octanol–water partition coefficient (Wildman–Crippen LogP) is 2.75. The maximum absolute atomic E-state index is 13.9. The van der Waals surface area contributed by atoms with Crippen molar-refractivity contribution in [1.82, 2.24) is 10.3 Å². The number of hydrogen-bond donors (Lipinski definition) is 2. The SMILES string of the molecule is COc1cc(CNC(=O)c2csc(-c3ccccc3F)n2)ccc1OCC(N)=O. The van der Waals surface area contributed by atoms with Crippen molar-refractivity contribution in [3.63, 3.8) is 0 Å². The lowest BCUT2D eigenvalue weighted by Crippen LogP contribution is -2.23. The third-order valence-electron chi connectivity index (χ3n) is 3.89. The molecule has 0 saturated heterocycles. The minimum Gasteiger partial charge on any atom is -0.493 e. The number of hydrogen-bond acceptors (Lipinski definition) is 6. The molecule has 0 saturated carbocycles. The molecule has 0 unspecified atom stereocenters. The van der Waals surface area contributed by atoms with Gasteiger partial charge in [-0.2, -0.15) is 0 Å². The van der Waals surface area contributed by atoms with Gasteiger partial charge in [0.1, 0.15) is 16.5 Å². The summed E-state index contributed by atoms with van der Waals surface area (Å²) < 4.78 is 24.4. The molecule has 3 N–H and O–H groups in total. The highest BCUT2D eigenvalue weighted by Crippen LogP contribution is 2.28. The molecular formula is C20H18FN3O4S. The highest BCUT2D eigenvalue weighted by atomic mass is 32.1. The van der Waals surface area contributed by atoms with E-state index in [4.69, 9.17) is 15.2 Å². The van der Waals surface area contributed by atoms with Gasteiger partial charge in [-0.25, -0.2) is 9.37 Å². The van der Waals surface area contributed by atoms with Gasteiger partial charge >= 0.3 is 0 Å². The first-order chi connectivity index (χ1) is 14.0. The van der Waals surface area contributed by atoms with Crippen LogP contribution in [0.25, 0.3) is 10.6 Å². The molecule has 0 aliphatic carbocycles. The monoisotopic (exact) mass is 415 g/mol. The van der Waals surface area contributed by atoms with Gasteiger partial charge in [0.2, 0.25) is 0 Å². The van der Waals surface area contributed by atoms with E-state index in [0.717, 1.165) is 5.56 Å². The Morgan fingerprint density at radius 2 is 2.00 bits per heavy atom. The van der Waals surface area contributed by atoms with Gasteiger partial charge in [0.15, 0.2) is 18.1 Å². The minimum absolute atomic E-state index is 0.210. The summed E-state index contributed by atoms with van der Waals surface area (Å²) in [6.07, 6.45) is 0. The van der Waals surface area contributed by atoms with Crippen LogP contribution in [0.2, 0.25) is 0 Å². The number of benzene rings is 2. The zero-order valence-electron chi connectivity index (χ0n) is 15.5. The number of nitrogens with two attached hydrogens (primary N) is 1. The average molecular weight is 415 g/mol. The molecule has 1 aromatic heterocycles. The number of nitrogens with zero attached hydrogens (tertiary/aromatic N) is 1. The summed E-state index contributed by atoms with van der Waals surface area (Å²) >= 11 is 1.20. The lowest BCUT2D eigenvalue weighted by molar-refractivity contribution is -0.119. The number of thiazole rings is 1. The maximum Gasteiger partial charge on any atom is 0.271 e. The Morgan fingerprint density at radius 3 is 2.72 bits per heavy atom. The van der Waals surface area contributed by atoms with E-state index in [-0.39, 0.29) is 30.6 Å². The Balaban J connectivity index is 1.65. The fourth-order valence-corrected chi connectivity index (χ4v) is 3.33. The van der Waals surface area contributed by atoms with Crippen LogP contribution in [0.4, 0.5) is 4.39 Å². The van der Waals surface area contributed by atoms with Crippen molar-refractivity contribution in [3.05, 3.63) is 64.9 Å². The van der Waals surface area contributed by atoms with Crippen molar-refractivity contribution in [2.24, 2.45) is 5.73 Å². The van der Waals surface area contributed by atoms with E-state index in [1.54, 1.807) is 41.8 Å². The van der Waals surface area contributed by atoms with Gasteiger partial charge in [0.25, 0.3) is 11.8 Å². The summed E-state index contributed by atoms with van der Waals surface area (Å²) in [5, 5.41) is 4.77. The molecule has 0 radical (unpaired) electrons. The van der Waals surface area contributed by atoms with Gasteiger partial charge in [-0.1, -0.05) is 18.2 Å². The maximum atomic E-state index is 13.9. The molecule has 7 nitrogen and oxygen atoms in total. The molecule has 9 heteroatoms. The zero-order valence-corrected chi connectivity index (χ0v) is 16.3. The molecule has 150 valence electrons. The first kappa shape index (κ1) is 20.3. The largest absolute Gasteiger partial charge is 0.493 e. The fraction of sp³-hybridized carbons (Fsp3) is 0.150. The lowest BCUT2D eigenvalue weighted by Gasteiger charge is -2.11. The van der Waals surface area contributed by atoms with Crippen molar-refractivity contribution < 1.29 is 23.5 Å². The van der Waals surface area contributed by atoms with Crippen LogP contribution in [0.3, 0.4) is 0 Å². The Labute approximate surface area is 170 Å². The predicted molar refractivity (Wildman–Crippen MR) is 106 cm³/mol. The van der Waals surface area contributed by atoms with E-state index in [0.29, 0.717) is 22.1 Å². The number of carbonyl (C=O) groups is 2. The molecule has 29 heavy (non-hydrogen) atoms. The minimum atomic E-state index is -0.596. The third kappa shape index (κ3) is 5.08. The molecule has 0 fully saturated rings. The first-order valence-electron chi connectivity index (χ1n) is 8.54. The van der Waals surface area contributed by atoms with Gasteiger partial charge in [-0.15, -0.1) is 11.3 Å².